The average Bonchev–Trinajstić information content (AvgIpc) is 2.53. The molecular weight excluding hydrogens is 404 g/mol. The molecule has 0 atom stereocenters. The van der Waals surface area contributed by atoms with Crippen LogP contribution in [0.4, 0.5) is 11.4 Å². The van der Waals surface area contributed by atoms with E-state index in [0.717, 1.165) is 42.6 Å². The summed E-state index contributed by atoms with van der Waals surface area (Å²) < 4.78 is 1.78. The SMILES string of the molecule is Nc1c(Br)cccc1-c1ccccc1-c1cccc(Br)c1N. The van der Waals surface area contributed by atoms with Crippen LogP contribution >= 0.6 is 31.9 Å². The van der Waals surface area contributed by atoms with Crippen molar-refractivity contribution in [1.82, 2.24) is 0 Å². The Morgan fingerprint density at radius 3 is 1.27 bits per heavy atom. The number of rotatable bonds is 2. The molecule has 0 unspecified atom stereocenters. The van der Waals surface area contributed by atoms with Gasteiger partial charge in [-0.05, 0) is 55.1 Å². The van der Waals surface area contributed by atoms with Gasteiger partial charge in [0.15, 0.2) is 0 Å². The van der Waals surface area contributed by atoms with Gasteiger partial charge in [0.2, 0.25) is 0 Å². The third-order valence-electron chi connectivity index (χ3n) is 3.61. The second kappa shape index (κ2) is 6.15. The van der Waals surface area contributed by atoms with E-state index >= 15 is 0 Å². The van der Waals surface area contributed by atoms with Gasteiger partial charge in [0.05, 0.1) is 11.4 Å². The Bertz CT molecular complexity index is 774. The van der Waals surface area contributed by atoms with E-state index in [1.54, 1.807) is 0 Å². The standard InChI is InChI=1S/C18H14Br2N2/c19-15-9-3-7-13(17(15)21)11-5-1-2-6-12(11)14-8-4-10-16(20)18(14)22/h1-10H,21-22H2. The van der Waals surface area contributed by atoms with Gasteiger partial charge < -0.3 is 11.5 Å². The molecule has 0 fully saturated rings. The minimum absolute atomic E-state index is 0.725. The Hall–Kier alpha value is -1.78. The van der Waals surface area contributed by atoms with Crippen LogP contribution in [0.5, 0.6) is 0 Å². The second-order valence-corrected chi connectivity index (χ2v) is 6.66. The van der Waals surface area contributed by atoms with Gasteiger partial charge in [-0.25, -0.2) is 0 Å². The fraction of sp³-hybridized carbons (Fsp3) is 0. The van der Waals surface area contributed by atoms with Gasteiger partial charge in [-0.15, -0.1) is 0 Å². The zero-order valence-electron chi connectivity index (χ0n) is 11.7. The summed E-state index contributed by atoms with van der Waals surface area (Å²) in [6, 6.07) is 20.0. The molecule has 0 radical (unpaired) electrons. The molecule has 0 saturated heterocycles. The van der Waals surface area contributed by atoms with Crippen molar-refractivity contribution in [2.24, 2.45) is 0 Å². The van der Waals surface area contributed by atoms with Crippen molar-refractivity contribution in [2.75, 3.05) is 11.5 Å². The fourth-order valence-corrected chi connectivity index (χ4v) is 3.23. The molecule has 0 aliphatic carbocycles. The molecule has 0 aromatic heterocycles. The Balaban J connectivity index is 2.28. The molecule has 0 aliphatic rings. The number of nitrogens with two attached hydrogens (primary N) is 2. The van der Waals surface area contributed by atoms with Crippen LogP contribution in [-0.4, -0.2) is 0 Å². The average molecular weight is 418 g/mol. The van der Waals surface area contributed by atoms with E-state index in [0.29, 0.717) is 0 Å². The van der Waals surface area contributed by atoms with Crippen molar-refractivity contribution in [1.29, 1.82) is 0 Å². The number of hydrogen-bond acceptors (Lipinski definition) is 2. The topological polar surface area (TPSA) is 52.0 Å². The summed E-state index contributed by atoms with van der Waals surface area (Å²) in [5.41, 5.74) is 18.0. The van der Waals surface area contributed by atoms with Crippen molar-refractivity contribution >= 4 is 43.2 Å². The fourth-order valence-electron chi connectivity index (χ4n) is 2.50. The molecule has 0 amide bonds. The highest BCUT2D eigenvalue weighted by atomic mass is 79.9. The maximum absolute atomic E-state index is 6.24. The van der Waals surface area contributed by atoms with E-state index in [4.69, 9.17) is 11.5 Å². The van der Waals surface area contributed by atoms with Gasteiger partial charge in [-0.1, -0.05) is 48.5 Å². The van der Waals surface area contributed by atoms with Crippen molar-refractivity contribution in [2.45, 2.75) is 0 Å². The van der Waals surface area contributed by atoms with Crippen molar-refractivity contribution < 1.29 is 0 Å². The van der Waals surface area contributed by atoms with Crippen LogP contribution in [0.15, 0.2) is 69.6 Å². The Kier molecular flexibility index (Phi) is 4.23. The predicted molar refractivity (Wildman–Crippen MR) is 102 cm³/mol. The lowest BCUT2D eigenvalue weighted by Gasteiger charge is -2.15. The highest BCUT2D eigenvalue weighted by molar-refractivity contribution is 9.11. The largest absolute Gasteiger partial charge is 0.397 e. The minimum atomic E-state index is 0.725. The molecule has 22 heavy (non-hydrogen) atoms. The zero-order valence-corrected chi connectivity index (χ0v) is 14.9. The first-order chi connectivity index (χ1) is 10.6. The lowest BCUT2D eigenvalue weighted by Crippen LogP contribution is -1.96. The molecule has 0 heterocycles. The second-order valence-electron chi connectivity index (χ2n) is 4.95. The number of nitrogen functional groups attached to an aromatic ring is 2. The smallest absolute Gasteiger partial charge is 0.0538 e. The van der Waals surface area contributed by atoms with E-state index in [1.165, 1.54) is 0 Å². The Morgan fingerprint density at radius 2 is 0.864 bits per heavy atom. The Morgan fingerprint density at radius 1 is 0.500 bits per heavy atom. The first-order valence-electron chi connectivity index (χ1n) is 6.77. The number of anilines is 2. The van der Waals surface area contributed by atoms with Gasteiger partial charge >= 0.3 is 0 Å². The highest BCUT2D eigenvalue weighted by Gasteiger charge is 2.13. The molecule has 3 aromatic carbocycles. The molecule has 2 nitrogen and oxygen atoms in total. The maximum atomic E-state index is 6.24. The number of benzene rings is 3. The summed E-state index contributed by atoms with van der Waals surface area (Å²) in [6.07, 6.45) is 0. The van der Waals surface area contributed by atoms with Crippen LogP contribution in [-0.2, 0) is 0 Å². The molecule has 110 valence electrons. The van der Waals surface area contributed by atoms with E-state index in [1.807, 2.05) is 48.5 Å². The van der Waals surface area contributed by atoms with Crippen LogP contribution in [0.1, 0.15) is 0 Å². The van der Waals surface area contributed by atoms with E-state index in [2.05, 4.69) is 44.0 Å². The van der Waals surface area contributed by atoms with E-state index < -0.39 is 0 Å². The van der Waals surface area contributed by atoms with Gasteiger partial charge in [-0.2, -0.15) is 0 Å². The van der Waals surface area contributed by atoms with E-state index in [9.17, 15) is 0 Å². The molecule has 0 aliphatic heterocycles. The van der Waals surface area contributed by atoms with Crippen LogP contribution in [0.2, 0.25) is 0 Å². The molecule has 0 bridgehead atoms. The third kappa shape index (κ3) is 2.64. The van der Waals surface area contributed by atoms with Gasteiger partial charge in [0.1, 0.15) is 0 Å². The first kappa shape index (κ1) is 15.1. The maximum Gasteiger partial charge on any atom is 0.0538 e. The lowest BCUT2D eigenvalue weighted by atomic mass is 9.93. The molecule has 3 aromatic rings. The van der Waals surface area contributed by atoms with Crippen LogP contribution < -0.4 is 11.5 Å². The lowest BCUT2D eigenvalue weighted by molar-refractivity contribution is 1.55. The summed E-state index contributed by atoms with van der Waals surface area (Å²) >= 11 is 6.99. The molecular formula is C18H14Br2N2. The number of para-hydroxylation sites is 2. The van der Waals surface area contributed by atoms with Gasteiger partial charge in [0.25, 0.3) is 0 Å². The summed E-state index contributed by atoms with van der Waals surface area (Å²) in [6.45, 7) is 0. The molecule has 0 spiro atoms. The molecule has 4 N–H and O–H groups in total. The first-order valence-corrected chi connectivity index (χ1v) is 8.36. The van der Waals surface area contributed by atoms with Crippen LogP contribution in [0.25, 0.3) is 22.3 Å². The van der Waals surface area contributed by atoms with Crippen LogP contribution in [0.3, 0.4) is 0 Å². The third-order valence-corrected chi connectivity index (χ3v) is 5.00. The quantitative estimate of drug-likeness (QED) is 0.524. The summed E-state index contributed by atoms with van der Waals surface area (Å²) in [4.78, 5) is 0. The molecule has 0 saturated carbocycles. The normalized spacial score (nSPS) is 10.6. The zero-order chi connectivity index (χ0) is 15.7. The number of halogens is 2. The van der Waals surface area contributed by atoms with Crippen molar-refractivity contribution in [3.63, 3.8) is 0 Å². The van der Waals surface area contributed by atoms with Crippen molar-refractivity contribution in [3.05, 3.63) is 69.6 Å². The number of hydrogen-bond donors (Lipinski definition) is 2. The van der Waals surface area contributed by atoms with Gasteiger partial charge in [-0.3, -0.25) is 0 Å². The monoisotopic (exact) mass is 416 g/mol. The molecule has 3 rings (SSSR count). The Labute approximate surface area is 146 Å². The van der Waals surface area contributed by atoms with Gasteiger partial charge in [0, 0.05) is 20.1 Å². The summed E-state index contributed by atoms with van der Waals surface area (Å²) in [5.74, 6) is 0. The van der Waals surface area contributed by atoms with E-state index in [-0.39, 0.29) is 0 Å². The highest BCUT2D eigenvalue weighted by Crippen LogP contribution is 2.40. The molecule has 4 heteroatoms. The van der Waals surface area contributed by atoms with Crippen LogP contribution in [0, 0.1) is 0 Å². The summed E-state index contributed by atoms with van der Waals surface area (Å²) in [7, 11) is 0. The minimum Gasteiger partial charge on any atom is -0.397 e. The summed E-state index contributed by atoms with van der Waals surface area (Å²) in [5, 5.41) is 0. The van der Waals surface area contributed by atoms with Crippen molar-refractivity contribution in [3.8, 4) is 22.3 Å². The predicted octanol–water partition coefficient (Wildman–Crippen LogP) is 5.71.